The zero-order valence-corrected chi connectivity index (χ0v) is 19.6. The van der Waals surface area contributed by atoms with Crippen molar-refractivity contribution in [2.75, 3.05) is 28.4 Å². The molecule has 0 fully saturated rings. The molecule has 1 N–H and O–H groups in total. The van der Waals surface area contributed by atoms with E-state index in [0.29, 0.717) is 35.4 Å². The first-order valence-electron chi connectivity index (χ1n) is 10.7. The van der Waals surface area contributed by atoms with Crippen molar-refractivity contribution in [2.45, 2.75) is 12.6 Å². The smallest absolute Gasteiger partial charge is 0.203 e. The van der Waals surface area contributed by atoms with Crippen molar-refractivity contribution >= 4 is 0 Å². The number of tetrazole rings is 1. The van der Waals surface area contributed by atoms with Gasteiger partial charge in [0.15, 0.2) is 17.3 Å². The normalized spacial score (nSPS) is 11.6. The van der Waals surface area contributed by atoms with Crippen LogP contribution in [0.2, 0.25) is 0 Å². The first-order chi connectivity index (χ1) is 16.7. The maximum Gasteiger partial charge on any atom is 0.203 e. The topological polar surface area (TPSA) is 92.6 Å². The Morgan fingerprint density at radius 2 is 1.56 bits per heavy atom. The Bertz CT molecular complexity index is 1200. The highest BCUT2D eigenvalue weighted by Gasteiger charge is 2.25. The second kappa shape index (κ2) is 10.7. The van der Waals surface area contributed by atoms with Crippen molar-refractivity contribution in [3.05, 3.63) is 83.7 Å². The summed E-state index contributed by atoms with van der Waals surface area (Å²) < 4.78 is 23.7. The van der Waals surface area contributed by atoms with Gasteiger partial charge in [0.05, 0.1) is 40.2 Å². The van der Waals surface area contributed by atoms with Crippen molar-refractivity contribution in [1.29, 1.82) is 0 Å². The molecule has 1 heterocycles. The van der Waals surface area contributed by atoms with Crippen LogP contribution in [0, 0.1) is 0 Å². The monoisotopic (exact) mass is 461 g/mol. The standard InChI is InChI=1S/C25H27N5O4/c1-31-20-12-8-11-19(15-20)30-25(27-28-29-30)23(26-16-17-9-6-5-7-10-17)18-13-21(32-2)24(34-4)22(14-18)33-3/h5-15,23,26H,16H2,1-4H3. The molecule has 1 atom stereocenters. The molecule has 1 aromatic heterocycles. The molecule has 0 aliphatic heterocycles. The van der Waals surface area contributed by atoms with Crippen LogP contribution in [0.1, 0.15) is 23.0 Å². The summed E-state index contributed by atoms with van der Waals surface area (Å²) in [5, 5.41) is 16.2. The molecule has 0 aliphatic carbocycles. The van der Waals surface area contributed by atoms with Crippen LogP contribution in [0.25, 0.3) is 5.69 Å². The summed E-state index contributed by atoms with van der Waals surface area (Å²) in [6.45, 7) is 0.590. The SMILES string of the molecule is COc1cccc(-n2nnnc2C(NCc2ccccc2)c2cc(OC)c(OC)c(OC)c2)c1. The number of hydrogen-bond donors (Lipinski definition) is 1. The van der Waals surface area contributed by atoms with Crippen LogP contribution < -0.4 is 24.3 Å². The minimum absolute atomic E-state index is 0.393. The zero-order chi connectivity index (χ0) is 23.9. The lowest BCUT2D eigenvalue weighted by molar-refractivity contribution is 0.323. The van der Waals surface area contributed by atoms with Gasteiger partial charge in [0, 0.05) is 12.6 Å². The summed E-state index contributed by atoms with van der Waals surface area (Å²) in [5.74, 6) is 2.91. The van der Waals surface area contributed by atoms with E-state index in [0.717, 1.165) is 16.8 Å². The van der Waals surface area contributed by atoms with Gasteiger partial charge in [0.2, 0.25) is 5.75 Å². The van der Waals surface area contributed by atoms with Gasteiger partial charge in [-0.15, -0.1) is 5.10 Å². The maximum absolute atomic E-state index is 5.59. The second-order valence-corrected chi connectivity index (χ2v) is 7.41. The molecule has 0 bridgehead atoms. The fourth-order valence-corrected chi connectivity index (χ4v) is 3.74. The summed E-state index contributed by atoms with van der Waals surface area (Å²) in [6.07, 6.45) is 0. The van der Waals surface area contributed by atoms with E-state index in [9.17, 15) is 0 Å². The van der Waals surface area contributed by atoms with E-state index in [4.69, 9.17) is 18.9 Å². The molecule has 34 heavy (non-hydrogen) atoms. The van der Waals surface area contributed by atoms with Gasteiger partial charge in [-0.2, -0.15) is 4.68 Å². The molecule has 0 radical (unpaired) electrons. The van der Waals surface area contributed by atoms with E-state index in [1.165, 1.54) is 0 Å². The quantitative estimate of drug-likeness (QED) is 0.383. The molecule has 0 saturated carbocycles. The van der Waals surface area contributed by atoms with E-state index < -0.39 is 6.04 Å². The molecule has 0 aliphatic rings. The molecule has 1 unspecified atom stereocenters. The van der Waals surface area contributed by atoms with Crippen molar-refractivity contribution in [3.8, 4) is 28.7 Å². The highest BCUT2D eigenvalue weighted by molar-refractivity contribution is 5.55. The predicted molar refractivity (Wildman–Crippen MR) is 127 cm³/mol. The number of benzene rings is 3. The maximum atomic E-state index is 5.59. The van der Waals surface area contributed by atoms with Crippen LogP contribution in [0.5, 0.6) is 23.0 Å². The number of rotatable bonds is 10. The van der Waals surface area contributed by atoms with Crippen LogP contribution in [0.15, 0.2) is 66.7 Å². The molecule has 176 valence electrons. The minimum atomic E-state index is -0.393. The zero-order valence-electron chi connectivity index (χ0n) is 19.6. The van der Waals surface area contributed by atoms with Gasteiger partial charge < -0.3 is 18.9 Å². The Hall–Kier alpha value is -4.11. The molecule has 0 amide bonds. The lowest BCUT2D eigenvalue weighted by Crippen LogP contribution is -2.25. The molecule has 4 rings (SSSR count). The van der Waals surface area contributed by atoms with Crippen molar-refractivity contribution in [1.82, 2.24) is 25.5 Å². The Morgan fingerprint density at radius 1 is 0.824 bits per heavy atom. The Labute approximate surface area is 198 Å². The minimum Gasteiger partial charge on any atom is -0.497 e. The number of ether oxygens (including phenoxy) is 4. The third-order valence-corrected chi connectivity index (χ3v) is 5.42. The third kappa shape index (κ3) is 4.79. The van der Waals surface area contributed by atoms with Gasteiger partial charge in [0.1, 0.15) is 5.75 Å². The number of aromatic nitrogens is 4. The first kappa shape index (κ1) is 23.1. The van der Waals surface area contributed by atoms with Crippen molar-refractivity contribution < 1.29 is 18.9 Å². The van der Waals surface area contributed by atoms with E-state index in [-0.39, 0.29) is 0 Å². The van der Waals surface area contributed by atoms with Crippen LogP contribution in [-0.4, -0.2) is 48.6 Å². The fraction of sp³-hybridized carbons (Fsp3) is 0.240. The van der Waals surface area contributed by atoms with Gasteiger partial charge >= 0.3 is 0 Å². The molecule has 3 aromatic carbocycles. The molecule has 4 aromatic rings. The predicted octanol–water partition coefficient (Wildman–Crippen LogP) is 3.58. The van der Waals surface area contributed by atoms with Crippen molar-refractivity contribution in [2.24, 2.45) is 0 Å². The molecule has 9 nitrogen and oxygen atoms in total. The molecule has 0 saturated heterocycles. The average molecular weight is 462 g/mol. The summed E-state index contributed by atoms with van der Waals surface area (Å²) in [5.41, 5.74) is 2.75. The van der Waals surface area contributed by atoms with Gasteiger partial charge in [-0.05, 0) is 45.8 Å². The fourth-order valence-electron chi connectivity index (χ4n) is 3.74. The number of methoxy groups -OCH3 is 4. The number of nitrogens with one attached hydrogen (secondary N) is 1. The van der Waals surface area contributed by atoms with Gasteiger partial charge in [-0.25, -0.2) is 0 Å². The Kier molecular flexibility index (Phi) is 7.24. The molecule has 0 spiro atoms. The van der Waals surface area contributed by atoms with Crippen molar-refractivity contribution in [3.63, 3.8) is 0 Å². The summed E-state index contributed by atoms with van der Waals surface area (Å²) in [4.78, 5) is 0. The van der Waals surface area contributed by atoms with Gasteiger partial charge in [-0.3, -0.25) is 5.32 Å². The lowest BCUT2D eigenvalue weighted by Gasteiger charge is -2.21. The highest BCUT2D eigenvalue weighted by atomic mass is 16.5. The third-order valence-electron chi connectivity index (χ3n) is 5.42. The second-order valence-electron chi connectivity index (χ2n) is 7.41. The summed E-state index contributed by atoms with van der Waals surface area (Å²) in [7, 11) is 6.38. The summed E-state index contributed by atoms with van der Waals surface area (Å²) in [6, 6.07) is 21.1. The van der Waals surface area contributed by atoms with Crippen LogP contribution in [0.4, 0.5) is 0 Å². The summed E-state index contributed by atoms with van der Waals surface area (Å²) >= 11 is 0. The Morgan fingerprint density at radius 3 is 2.21 bits per heavy atom. The van der Waals surface area contributed by atoms with E-state index in [2.05, 4.69) is 33.0 Å². The van der Waals surface area contributed by atoms with Crippen LogP contribution >= 0.6 is 0 Å². The number of nitrogens with zero attached hydrogens (tertiary/aromatic N) is 4. The van der Waals surface area contributed by atoms with E-state index in [1.807, 2.05) is 54.6 Å². The lowest BCUT2D eigenvalue weighted by atomic mass is 10.0. The van der Waals surface area contributed by atoms with Crippen LogP contribution in [0.3, 0.4) is 0 Å². The average Bonchev–Trinajstić information content (AvgIpc) is 3.38. The Balaban J connectivity index is 1.81. The highest BCUT2D eigenvalue weighted by Crippen LogP contribution is 2.40. The molecular weight excluding hydrogens is 434 g/mol. The molecule has 9 heteroatoms. The largest absolute Gasteiger partial charge is 0.497 e. The van der Waals surface area contributed by atoms with E-state index >= 15 is 0 Å². The molecular formula is C25H27N5O4. The van der Waals surface area contributed by atoms with E-state index in [1.54, 1.807) is 33.1 Å². The number of hydrogen-bond acceptors (Lipinski definition) is 8. The van der Waals surface area contributed by atoms with Crippen LogP contribution in [-0.2, 0) is 6.54 Å². The first-order valence-corrected chi connectivity index (χ1v) is 10.7. The van der Waals surface area contributed by atoms with Gasteiger partial charge in [-0.1, -0.05) is 36.4 Å². The van der Waals surface area contributed by atoms with Gasteiger partial charge in [0.25, 0.3) is 0 Å².